The van der Waals surface area contributed by atoms with Crippen molar-refractivity contribution in [3.63, 3.8) is 0 Å². The molecule has 0 saturated heterocycles. The van der Waals surface area contributed by atoms with Crippen molar-refractivity contribution in [1.29, 1.82) is 0 Å². The molecule has 7 nitrogen and oxygen atoms in total. The van der Waals surface area contributed by atoms with Crippen molar-refractivity contribution in [3.8, 4) is 0 Å². The molecule has 0 unspecified atom stereocenters. The second kappa shape index (κ2) is 12.1. The Kier molecular flexibility index (Phi) is 8.92. The molecule has 8 heteroatoms. The molecular weight excluding hydrogens is 484 g/mol. The largest absolute Gasteiger partial charge is 0.322 e. The first-order chi connectivity index (χ1) is 17.5. The van der Waals surface area contributed by atoms with Crippen molar-refractivity contribution >= 4 is 46.8 Å². The SMILES string of the molecule is Cc1ccc(C=CC(=O)NC(=S)NNC(=O)c2ccc(NC(=O)c3ccc(C(C)(C)C)cc3)cc2)cc1. The molecule has 0 bridgehead atoms. The second-order valence-electron chi connectivity index (χ2n) is 9.50. The number of aryl methyl sites for hydroxylation is 1. The van der Waals surface area contributed by atoms with E-state index in [1.165, 1.54) is 6.08 Å². The Hall–Kier alpha value is -4.30. The smallest absolute Gasteiger partial charge is 0.269 e. The Balaban J connectivity index is 1.46. The summed E-state index contributed by atoms with van der Waals surface area (Å²) in [5.41, 5.74) is 9.53. The normalized spacial score (nSPS) is 11.0. The van der Waals surface area contributed by atoms with Crippen LogP contribution in [0.25, 0.3) is 6.08 Å². The molecule has 3 rings (SSSR count). The molecule has 0 saturated carbocycles. The van der Waals surface area contributed by atoms with Gasteiger partial charge in [0, 0.05) is 22.9 Å². The van der Waals surface area contributed by atoms with E-state index < -0.39 is 11.8 Å². The summed E-state index contributed by atoms with van der Waals surface area (Å²) in [6, 6.07) is 21.6. The standard InChI is InChI=1S/C29H30N4O3S/c1-19-5-7-20(8-6-19)9-18-25(34)31-28(37)33-32-27(36)22-12-16-24(17-13-22)30-26(35)21-10-14-23(15-11-21)29(2,3)4/h5-18H,1-4H3,(H,30,35)(H,32,36)(H2,31,33,34,37). The monoisotopic (exact) mass is 514 g/mol. The first-order valence-electron chi connectivity index (χ1n) is 11.7. The third-order valence-electron chi connectivity index (χ3n) is 5.45. The predicted molar refractivity (Wildman–Crippen MR) is 151 cm³/mol. The summed E-state index contributed by atoms with van der Waals surface area (Å²) < 4.78 is 0. The number of benzene rings is 3. The van der Waals surface area contributed by atoms with Crippen LogP contribution in [0, 0.1) is 6.92 Å². The Morgan fingerprint density at radius 1 is 0.757 bits per heavy atom. The predicted octanol–water partition coefficient (Wildman–Crippen LogP) is 4.89. The summed E-state index contributed by atoms with van der Waals surface area (Å²) >= 11 is 5.05. The maximum Gasteiger partial charge on any atom is 0.269 e. The van der Waals surface area contributed by atoms with Crippen molar-refractivity contribution in [3.05, 3.63) is 107 Å². The number of hydrogen-bond acceptors (Lipinski definition) is 4. The van der Waals surface area contributed by atoms with Crippen LogP contribution in [0.5, 0.6) is 0 Å². The number of hydrogen-bond donors (Lipinski definition) is 4. The van der Waals surface area contributed by atoms with Gasteiger partial charge in [0.15, 0.2) is 5.11 Å². The highest BCUT2D eigenvalue weighted by atomic mass is 32.1. The number of carbonyl (C=O) groups excluding carboxylic acids is 3. The fourth-order valence-electron chi connectivity index (χ4n) is 3.25. The minimum absolute atomic E-state index is 0.00827. The van der Waals surface area contributed by atoms with Gasteiger partial charge in [-0.25, -0.2) is 0 Å². The third-order valence-corrected chi connectivity index (χ3v) is 5.65. The van der Waals surface area contributed by atoms with Crippen LogP contribution in [-0.2, 0) is 10.2 Å². The zero-order chi connectivity index (χ0) is 27.0. The molecule has 0 aromatic heterocycles. The Labute approximate surface area is 222 Å². The van der Waals surface area contributed by atoms with Crippen molar-refractivity contribution in [2.75, 3.05) is 5.32 Å². The molecule has 190 valence electrons. The lowest BCUT2D eigenvalue weighted by Gasteiger charge is -2.19. The quantitative estimate of drug-likeness (QED) is 0.221. The highest BCUT2D eigenvalue weighted by molar-refractivity contribution is 7.80. The number of anilines is 1. The van der Waals surface area contributed by atoms with Crippen LogP contribution >= 0.6 is 12.2 Å². The van der Waals surface area contributed by atoms with Crippen LogP contribution in [0.4, 0.5) is 5.69 Å². The number of thiocarbonyl (C=S) groups is 1. The van der Waals surface area contributed by atoms with Crippen LogP contribution in [0.3, 0.4) is 0 Å². The molecular formula is C29H30N4O3S. The van der Waals surface area contributed by atoms with Crippen molar-refractivity contribution in [2.24, 2.45) is 0 Å². The van der Waals surface area contributed by atoms with Crippen LogP contribution in [0.2, 0.25) is 0 Å². The van der Waals surface area contributed by atoms with Gasteiger partial charge in [-0.3, -0.25) is 30.6 Å². The zero-order valence-electron chi connectivity index (χ0n) is 21.2. The molecule has 0 aliphatic heterocycles. The fraction of sp³-hybridized carbons (Fsp3) is 0.172. The van der Waals surface area contributed by atoms with Gasteiger partial charge in [-0.1, -0.05) is 62.7 Å². The Morgan fingerprint density at radius 3 is 1.92 bits per heavy atom. The first-order valence-corrected chi connectivity index (χ1v) is 12.1. The number of amides is 3. The Bertz CT molecular complexity index is 1310. The molecule has 0 atom stereocenters. The topological polar surface area (TPSA) is 99.3 Å². The Morgan fingerprint density at radius 2 is 1.32 bits per heavy atom. The minimum Gasteiger partial charge on any atom is -0.322 e. The average Bonchev–Trinajstić information content (AvgIpc) is 2.87. The van der Waals surface area contributed by atoms with Gasteiger partial charge in [-0.15, -0.1) is 0 Å². The molecule has 3 aromatic rings. The molecule has 0 radical (unpaired) electrons. The summed E-state index contributed by atoms with van der Waals surface area (Å²) in [7, 11) is 0. The van der Waals surface area contributed by atoms with Crippen LogP contribution < -0.4 is 21.5 Å². The molecule has 0 aliphatic carbocycles. The number of hydrazine groups is 1. The van der Waals surface area contributed by atoms with Gasteiger partial charge in [0.2, 0.25) is 5.91 Å². The summed E-state index contributed by atoms with van der Waals surface area (Å²) in [4.78, 5) is 37.0. The van der Waals surface area contributed by atoms with Gasteiger partial charge >= 0.3 is 0 Å². The highest BCUT2D eigenvalue weighted by Gasteiger charge is 2.14. The van der Waals surface area contributed by atoms with Gasteiger partial charge in [-0.2, -0.15) is 0 Å². The van der Waals surface area contributed by atoms with Gasteiger partial charge in [0.05, 0.1) is 0 Å². The molecule has 0 fully saturated rings. The molecule has 0 aliphatic rings. The first kappa shape index (κ1) is 27.3. The van der Waals surface area contributed by atoms with Gasteiger partial charge in [-0.05, 0) is 78.2 Å². The van der Waals surface area contributed by atoms with E-state index in [0.29, 0.717) is 16.8 Å². The van der Waals surface area contributed by atoms with Crippen molar-refractivity contribution in [2.45, 2.75) is 33.1 Å². The van der Waals surface area contributed by atoms with E-state index in [9.17, 15) is 14.4 Å². The number of rotatable bonds is 5. The summed E-state index contributed by atoms with van der Waals surface area (Å²) in [6.45, 7) is 8.33. The molecule has 0 heterocycles. The van der Waals surface area contributed by atoms with Gasteiger partial charge < -0.3 is 5.32 Å². The zero-order valence-corrected chi connectivity index (χ0v) is 22.0. The number of nitrogens with one attached hydrogen (secondary N) is 4. The van der Waals surface area contributed by atoms with Crippen molar-refractivity contribution < 1.29 is 14.4 Å². The molecule has 4 N–H and O–H groups in total. The molecule has 0 spiro atoms. The van der Waals surface area contributed by atoms with Crippen LogP contribution in [0.1, 0.15) is 58.2 Å². The van der Waals surface area contributed by atoms with E-state index >= 15 is 0 Å². The van der Waals surface area contributed by atoms with E-state index in [-0.39, 0.29) is 16.4 Å². The lowest BCUT2D eigenvalue weighted by Crippen LogP contribution is -2.48. The minimum atomic E-state index is -0.456. The molecule has 37 heavy (non-hydrogen) atoms. The lowest BCUT2D eigenvalue weighted by atomic mass is 9.87. The van der Waals surface area contributed by atoms with E-state index in [4.69, 9.17) is 12.2 Å². The highest BCUT2D eigenvalue weighted by Crippen LogP contribution is 2.22. The van der Waals surface area contributed by atoms with Crippen LogP contribution in [-0.4, -0.2) is 22.8 Å². The summed E-state index contributed by atoms with van der Waals surface area (Å²) in [5.74, 6) is -1.13. The van der Waals surface area contributed by atoms with Gasteiger partial charge in [0.1, 0.15) is 0 Å². The van der Waals surface area contributed by atoms with Crippen molar-refractivity contribution in [1.82, 2.24) is 16.2 Å². The average molecular weight is 515 g/mol. The van der Waals surface area contributed by atoms with E-state index in [2.05, 4.69) is 42.3 Å². The summed E-state index contributed by atoms with van der Waals surface area (Å²) in [6.07, 6.45) is 3.02. The van der Waals surface area contributed by atoms with E-state index in [0.717, 1.165) is 16.7 Å². The van der Waals surface area contributed by atoms with E-state index in [1.54, 1.807) is 42.5 Å². The fourth-order valence-corrected chi connectivity index (χ4v) is 3.40. The van der Waals surface area contributed by atoms with Gasteiger partial charge in [0.25, 0.3) is 11.8 Å². The molecule has 3 amide bonds. The third kappa shape index (κ3) is 8.40. The summed E-state index contributed by atoms with van der Waals surface area (Å²) in [5, 5.41) is 5.23. The lowest BCUT2D eigenvalue weighted by molar-refractivity contribution is -0.115. The second-order valence-corrected chi connectivity index (χ2v) is 9.91. The van der Waals surface area contributed by atoms with E-state index in [1.807, 2.05) is 43.3 Å². The molecule has 3 aromatic carbocycles. The van der Waals surface area contributed by atoms with Crippen LogP contribution in [0.15, 0.2) is 78.9 Å². The number of carbonyl (C=O) groups is 3. The maximum atomic E-state index is 12.5. The maximum absolute atomic E-state index is 12.5.